The van der Waals surface area contributed by atoms with Crippen LogP contribution >= 0.6 is 11.6 Å². The van der Waals surface area contributed by atoms with E-state index in [9.17, 15) is 5.11 Å². The maximum atomic E-state index is 9.55. The van der Waals surface area contributed by atoms with Crippen LogP contribution in [0.3, 0.4) is 0 Å². The number of aliphatic hydroxyl groups is 1. The largest absolute Gasteiger partial charge is 0.389 e. The van der Waals surface area contributed by atoms with E-state index >= 15 is 0 Å². The minimum atomic E-state index is -0.462. The van der Waals surface area contributed by atoms with Gasteiger partial charge in [0.05, 0.1) is 16.8 Å². The van der Waals surface area contributed by atoms with Crippen molar-refractivity contribution in [2.45, 2.75) is 51.2 Å². The van der Waals surface area contributed by atoms with Crippen LogP contribution in [0, 0.1) is 0 Å². The molecule has 0 heterocycles. The predicted octanol–water partition coefficient (Wildman–Crippen LogP) is 4.16. The van der Waals surface area contributed by atoms with Gasteiger partial charge in [-0.25, -0.2) is 0 Å². The quantitative estimate of drug-likeness (QED) is 0.889. The topological polar surface area (TPSA) is 23.5 Å². The number of hydrogen-bond donors (Lipinski definition) is 1. The lowest BCUT2D eigenvalue weighted by molar-refractivity contribution is 0.199. The Balaban J connectivity index is 2.16. The lowest BCUT2D eigenvalue weighted by Crippen LogP contribution is -2.33. The number of rotatable bonds is 3. The first-order valence-electron chi connectivity index (χ1n) is 6.80. The van der Waals surface area contributed by atoms with Crippen LogP contribution in [-0.4, -0.2) is 18.2 Å². The molecule has 3 heteroatoms. The van der Waals surface area contributed by atoms with Gasteiger partial charge in [-0.3, -0.25) is 0 Å². The Labute approximate surface area is 115 Å². The molecule has 1 fully saturated rings. The molecule has 1 aromatic rings. The maximum Gasteiger partial charge on any atom is 0.0762 e. The Morgan fingerprint density at radius 3 is 2.50 bits per heavy atom. The molecule has 1 aliphatic rings. The summed E-state index contributed by atoms with van der Waals surface area (Å²) in [6, 6.07) is 6.47. The van der Waals surface area contributed by atoms with E-state index < -0.39 is 6.10 Å². The van der Waals surface area contributed by atoms with Crippen molar-refractivity contribution in [2.75, 3.05) is 11.9 Å². The summed E-state index contributed by atoms with van der Waals surface area (Å²) in [5, 5.41) is 10.3. The third kappa shape index (κ3) is 2.99. The number of halogens is 1. The highest BCUT2D eigenvalue weighted by molar-refractivity contribution is 6.33. The molecule has 2 nitrogen and oxygen atoms in total. The number of benzene rings is 1. The van der Waals surface area contributed by atoms with E-state index in [-0.39, 0.29) is 0 Å². The van der Waals surface area contributed by atoms with Crippen molar-refractivity contribution in [3.8, 4) is 0 Å². The Hall–Kier alpha value is -0.730. The Bertz CT molecular complexity index is 399. The molecule has 18 heavy (non-hydrogen) atoms. The summed E-state index contributed by atoms with van der Waals surface area (Å²) in [6.45, 7) is 1.76. The van der Waals surface area contributed by atoms with Gasteiger partial charge < -0.3 is 10.0 Å². The van der Waals surface area contributed by atoms with Gasteiger partial charge in [-0.2, -0.15) is 0 Å². The molecule has 0 bridgehead atoms. The molecule has 1 saturated carbocycles. The van der Waals surface area contributed by atoms with Gasteiger partial charge in [0.2, 0.25) is 0 Å². The van der Waals surface area contributed by atoms with Gasteiger partial charge >= 0.3 is 0 Å². The van der Waals surface area contributed by atoms with Crippen molar-refractivity contribution >= 4 is 17.3 Å². The summed E-state index contributed by atoms with van der Waals surface area (Å²) in [5.41, 5.74) is 1.95. The monoisotopic (exact) mass is 267 g/mol. The molecule has 0 aromatic heterocycles. The van der Waals surface area contributed by atoms with Crippen molar-refractivity contribution in [1.82, 2.24) is 0 Å². The van der Waals surface area contributed by atoms with Gasteiger partial charge in [0, 0.05) is 13.1 Å². The zero-order valence-corrected chi connectivity index (χ0v) is 12.0. The second kappa shape index (κ2) is 5.94. The number of hydrogen-bond acceptors (Lipinski definition) is 2. The average molecular weight is 268 g/mol. The van der Waals surface area contributed by atoms with Crippen LogP contribution in [-0.2, 0) is 0 Å². The Morgan fingerprint density at radius 2 is 1.94 bits per heavy atom. The third-order valence-electron chi connectivity index (χ3n) is 3.96. The van der Waals surface area contributed by atoms with Crippen molar-refractivity contribution in [3.05, 3.63) is 28.8 Å². The van der Waals surface area contributed by atoms with Crippen molar-refractivity contribution in [3.63, 3.8) is 0 Å². The maximum absolute atomic E-state index is 9.55. The summed E-state index contributed by atoms with van der Waals surface area (Å²) >= 11 is 6.33. The molecule has 0 saturated heterocycles. The van der Waals surface area contributed by atoms with E-state index in [1.165, 1.54) is 32.1 Å². The fourth-order valence-electron chi connectivity index (χ4n) is 2.73. The molecule has 1 aliphatic carbocycles. The minimum absolute atomic E-state index is 0.462. The van der Waals surface area contributed by atoms with Crippen molar-refractivity contribution < 1.29 is 5.11 Å². The Morgan fingerprint density at radius 1 is 1.28 bits per heavy atom. The fourth-order valence-corrected chi connectivity index (χ4v) is 3.06. The molecule has 0 amide bonds. The number of nitrogens with zero attached hydrogens (tertiary/aromatic N) is 1. The third-order valence-corrected chi connectivity index (χ3v) is 4.26. The summed E-state index contributed by atoms with van der Waals surface area (Å²) in [5.74, 6) is 0. The van der Waals surface area contributed by atoms with Crippen LogP contribution in [0.2, 0.25) is 5.02 Å². The zero-order chi connectivity index (χ0) is 13.1. The first-order valence-corrected chi connectivity index (χ1v) is 7.17. The van der Waals surface area contributed by atoms with Gasteiger partial charge in [0.15, 0.2) is 0 Å². The number of anilines is 1. The van der Waals surface area contributed by atoms with E-state index in [2.05, 4.69) is 11.9 Å². The lowest BCUT2D eigenvalue weighted by Gasteiger charge is -2.33. The second-order valence-electron chi connectivity index (χ2n) is 5.29. The van der Waals surface area contributed by atoms with E-state index in [4.69, 9.17) is 11.6 Å². The zero-order valence-electron chi connectivity index (χ0n) is 11.2. The summed E-state index contributed by atoms with van der Waals surface area (Å²) < 4.78 is 0. The molecule has 0 radical (unpaired) electrons. The summed E-state index contributed by atoms with van der Waals surface area (Å²) in [6.07, 6.45) is 6.04. The van der Waals surface area contributed by atoms with Crippen molar-refractivity contribution in [2.24, 2.45) is 0 Å². The second-order valence-corrected chi connectivity index (χ2v) is 5.70. The molecular weight excluding hydrogens is 246 g/mol. The van der Waals surface area contributed by atoms with Gasteiger partial charge in [0.1, 0.15) is 0 Å². The highest BCUT2D eigenvalue weighted by Gasteiger charge is 2.20. The first kappa shape index (κ1) is 13.7. The Kier molecular flexibility index (Phi) is 4.52. The highest BCUT2D eigenvalue weighted by atomic mass is 35.5. The standard InChI is InChI=1S/C15H22ClNO/c1-11(18)12-8-9-15(14(16)10-12)17(2)13-6-4-3-5-7-13/h8-11,13,18H,3-7H2,1-2H3/t11-/m0/s1. The van der Waals surface area contributed by atoms with Crippen LogP contribution in [0.4, 0.5) is 5.69 Å². The van der Waals surface area contributed by atoms with Gasteiger partial charge in [-0.1, -0.05) is 36.9 Å². The molecular formula is C15H22ClNO. The highest BCUT2D eigenvalue weighted by Crippen LogP contribution is 2.32. The summed E-state index contributed by atoms with van der Waals surface area (Å²) in [7, 11) is 2.12. The van der Waals surface area contributed by atoms with Crippen LogP contribution in [0.25, 0.3) is 0 Å². The van der Waals surface area contributed by atoms with E-state index in [0.717, 1.165) is 16.3 Å². The van der Waals surface area contributed by atoms with Crippen molar-refractivity contribution in [1.29, 1.82) is 0 Å². The predicted molar refractivity (Wildman–Crippen MR) is 77.4 cm³/mol. The number of aliphatic hydroxyl groups excluding tert-OH is 1. The van der Waals surface area contributed by atoms with Crippen LogP contribution < -0.4 is 4.90 Å². The molecule has 1 atom stereocenters. The first-order chi connectivity index (χ1) is 8.59. The fraction of sp³-hybridized carbons (Fsp3) is 0.600. The van der Waals surface area contributed by atoms with E-state index in [0.29, 0.717) is 6.04 Å². The van der Waals surface area contributed by atoms with E-state index in [1.807, 2.05) is 18.2 Å². The molecule has 0 spiro atoms. The van der Waals surface area contributed by atoms with Crippen LogP contribution in [0.1, 0.15) is 50.7 Å². The SMILES string of the molecule is C[C@H](O)c1ccc(N(C)C2CCCCC2)c(Cl)c1. The molecule has 0 aliphatic heterocycles. The summed E-state index contributed by atoms with van der Waals surface area (Å²) in [4.78, 5) is 2.30. The van der Waals surface area contributed by atoms with Gasteiger partial charge in [0.25, 0.3) is 0 Å². The van der Waals surface area contributed by atoms with Gasteiger partial charge in [-0.05, 0) is 37.5 Å². The smallest absolute Gasteiger partial charge is 0.0762 e. The molecule has 2 rings (SSSR count). The van der Waals surface area contributed by atoms with E-state index in [1.54, 1.807) is 6.92 Å². The average Bonchev–Trinajstić information content (AvgIpc) is 2.38. The minimum Gasteiger partial charge on any atom is -0.389 e. The normalized spacial score (nSPS) is 18.7. The lowest BCUT2D eigenvalue weighted by atomic mass is 9.94. The van der Waals surface area contributed by atoms with Crippen LogP contribution in [0.5, 0.6) is 0 Å². The van der Waals surface area contributed by atoms with Crippen LogP contribution in [0.15, 0.2) is 18.2 Å². The molecule has 1 N–H and O–H groups in total. The molecule has 100 valence electrons. The molecule has 1 aromatic carbocycles. The molecule has 0 unspecified atom stereocenters. The van der Waals surface area contributed by atoms with Gasteiger partial charge in [-0.15, -0.1) is 0 Å².